The van der Waals surface area contributed by atoms with Crippen molar-refractivity contribution in [3.63, 3.8) is 0 Å². The minimum absolute atomic E-state index is 0.00168. The molecule has 0 unspecified atom stereocenters. The Morgan fingerprint density at radius 2 is 2.00 bits per heavy atom. The molecule has 0 fully saturated rings. The van der Waals surface area contributed by atoms with Gasteiger partial charge < -0.3 is 19.9 Å². The molecule has 11 heteroatoms. The van der Waals surface area contributed by atoms with Gasteiger partial charge in [0, 0.05) is 30.6 Å². The topological polar surface area (TPSA) is 131 Å². The molecule has 0 saturated carbocycles. The van der Waals surface area contributed by atoms with E-state index in [2.05, 4.69) is 37.4 Å². The second-order valence-corrected chi connectivity index (χ2v) is 10.4. The highest BCUT2D eigenvalue weighted by Gasteiger charge is 2.58. The van der Waals surface area contributed by atoms with Crippen molar-refractivity contribution in [2.75, 3.05) is 23.4 Å². The van der Waals surface area contributed by atoms with Gasteiger partial charge in [-0.05, 0) is 42.2 Å². The number of aromatic amines is 1. The first-order valence-corrected chi connectivity index (χ1v) is 13.2. The van der Waals surface area contributed by atoms with E-state index in [0.29, 0.717) is 53.6 Å². The van der Waals surface area contributed by atoms with E-state index in [1.54, 1.807) is 4.68 Å². The second kappa shape index (κ2) is 8.22. The number of aryl methyl sites for hydroxylation is 1. The van der Waals surface area contributed by atoms with E-state index in [0.717, 1.165) is 29.0 Å². The molecule has 2 amide bonds. The molecule has 3 aliphatic rings. The number of nitrogens with zero attached hydrogens (tertiary/aromatic N) is 6. The van der Waals surface area contributed by atoms with E-state index in [1.807, 2.05) is 42.2 Å². The largest absolute Gasteiger partial charge is 0.493 e. The maximum atomic E-state index is 14.6. The molecular formula is C29H24N8O3. The number of H-pyrrole nitrogens is 1. The molecule has 0 aliphatic carbocycles. The summed E-state index contributed by atoms with van der Waals surface area (Å²) in [6.07, 6.45) is 4.52. The molecule has 8 rings (SSSR count). The molecule has 198 valence electrons. The fraction of sp³-hybridized carbons (Fsp3) is 0.241. The number of imidazole rings is 1. The number of amides is 2. The van der Waals surface area contributed by atoms with Crippen LogP contribution in [-0.4, -0.2) is 54.7 Å². The van der Waals surface area contributed by atoms with Crippen molar-refractivity contribution in [1.29, 1.82) is 0 Å². The molecule has 11 nitrogen and oxygen atoms in total. The van der Waals surface area contributed by atoms with Crippen LogP contribution in [0.5, 0.6) is 5.75 Å². The molecule has 3 aliphatic heterocycles. The number of rotatable bonds is 4. The Bertz CT molecular complexity index is 1870. The van der Waals surface area contributed by atoms with Gasteiger partial charge in [-0.2, -0.15) is 9.78 Å². The number of fused-ring (bicyclic) bond motifs is 6. The third kappa shape index (κ3) is 3.05. The Morgan fingerprint density at radius 1 is 1.10 bits per heavy atom. The lowest BCUT2D eigenvalue weighted by atomic mass is 9.70. The number of nitrogens with one attached hydrogen (secondary N) is 2. The number of hydrogen-bond donors (Lipinski definition) is 2. The highest BCUT2D eigenvalue weighted by atomic mass is 16.5. The summed E-state index contributed by atoms with van der Waals surface area (Å²) in [5, 5.41) is 7.77. The number of anilines is 2. The summed E-state index contributed by atoms with van der Waals surface area (Å²) < 4.78 is 7.23. The summed E-state index contributed by atoms with van der Waals surface area (Å²) in [6, 6.07) is 14.0. The van der Waals surface area contributed by atoms with Crippen molar-refractivity contribution in [3.05, 3.63) is 83.1 Å². The summed E-state index contributed by atoms with van der Waals surface area (Å²) in [5.74, 6) is 1.44. The third-order valence-corrected chi connectivity index (χ3v) is 8.22. The van der Waals surface area contributed by atoms with E-state index in [9.17, 15) is 9.59 Å². The van der Waals surface area contributed by atoms with Gasteiger partial charge in [-0.1, -0.05) is 30.3 Å². The minimum Gasteiger partial charge on any atom is -0.493 e. The normalized spacial score (nSPS) is 19.1. The van der Waals surface area contributed by atoms with Gasteiger partial charge in [0.05, 0.1) is 18.6 Å². The van der Waals surface area contributed by atoms with Crippen LogP contribution in [0.25, 0.3) is 17.0 Å². The smallest absolute Gasteiger partial charge is 0.242 e. The molecule has 40 heavy (non-hydrogen) atoms. The second-order valence-electron chi connectivity index (χ2n) is 10.4. The molecular weight excluding hydrogens is 508 g/mol. The van der Waals surface area contributed by atoms with Gasteiger partial charge in [0.25, 0.3) is 0 Å². The summed E-state index contributed by atoms with van der Waals surface area (Å²) in [4.78, 5) is 45.7. The summed E-state index contributed by atoms with van der Waals surface area (Å²) in [7, 11) is 0. The van der Waals surface area contributed by atoms with E-state index in [1.165, 1.54) is 18.2 Å². The van der Waals surface area contributed by atoms with E-state index in [-0.39, 0.29) is 18.2 Å². The number of para-hydroxylation sites is 1. The molecule has 2 N–H and O–H groups in total. The van der Waals surface area contributed by atoms with Gasteiger partial charge in [-0.15, -0.1) is 0 Å². The first-order valence-electron chi connectivity index (χ1n) is 13.2. The standard InChI is InChI=1S/C29H24N8O3/c1-16-23-26(37(35-16)27-24-25(31-14-30-24)32-15-33-27)34-22(38)13-29(23)19-4-2-3-5-20(19)36(28(29)39)10-8-17-6-7-21-18(12-17)9-11-40-21/h2-7,12,14-15H,8-11,13H2,1H3,(H,34,38)(H,30,31,32,33)/t29-/m0/s1. The summed E-state index contributed by atoms with van der Waals surface area (Å²) in [5.41, 5.74) is 5.19. The van der Waals surface area contributed by atoms with Crippen LogP contribution < -0.4 is 15.0 Å². The molecule has 0 saturated heterocycles. The van der Waals surface area contributed by atoms with Gasteiger partial charge in [-0.25, -0.2) is 15.0 Å². The number of carbonyl (C=O) groups is 2. The van der Waals surface area contributed by atoms with Crippen LogP contribution in [0.4, 0.5) is 11.5 Å². The number of aromatic nitrogens is 6. The maximum absolute atomic E-state index is 14.6. The highest BCUT2D eigenvalue weighted by molar-refractivity contribution is 6.16. The zero-order valence-electron chi connectivity index (χ0n) is 21.6. The molecule has 3 aromatic heterocycles. The number of carbonyl (C=O) groups excluding carboxylic acids is 2. The average molecular weight is 533 g/mol. The van der Waals surface area contributed by atoms with Gasteiger partial charge in [0.1, 0.15) is 28.8 Å². The SMILES string of the molecule is Cc1nn(-c2ncnc3nc[nH]c23)c2c1[C@@]1(CC(=O)N2)C(=O)N(CCc2ccc3c(c2)CCO3)c2ccccc21. The lowest BCUT2D eigenvalue weighted by Gasteiger charge is -2.33. The van der Waals surface area contributed by atoms with Crippen LogP contribution in [0.1, 0.15) is 34.4 Å². The van der Waals surface area contributed by atoms with Gasteiger partial charge in [0.2, 0.25) is 11.8 Å². The van der Waals surface area contributed by atoms with Crippen LogP contribution in [0.3, 0.4) is 0 Å². The van der Waals surface area contributed by atoms with Gasteiger partial charge >= 0.3 is 0 Å². The Kier molecular flexibility index (Phi) is 4.70. The van der Waals surface area contributed by atoms with Crippen LogP contribution in [0, 0.1) is 6.92 Å². The van der Waals surface area contributed by atoms with Crippen molar-refractivity contribution in [3.8, 4) is 11.6 Å². The Balaban J connectivity index is 1.25. The van der Waals surface area contributed by atoms with Crippen molar-refractivity contribution in [2.45, 2.75) is 31.6 Å². The van der Waals surface area contributed by atoms with Gasteiger partial charge in [-0.3, -0.25) is 9.59 Å². The number of ether oxygens (including phenoxy) is 1. The number of benzene rings is 2. The minimum atomic E-state index is -1.19. The van der Waals surface area contributed by atoms with Gasteiger partial charge in [0.15, 0.2) is 11.5 Å². The predicted molar refractivity (Wildman–Crippen MR) is 146 cm³/mol. The van der Waals surface area contributed by atoms with Crippen LogP contribution in [-0.2, 0) is 27.8 Å². The summed E-state index contributed by atoms with van der Waals surface area (Å²) in [6.45, 7) is 3.06. The van der Waals surface area contributed by atoms with E-state index in [4.69, 9.17) is 9.84 Å². The first kappa shape index (κ1) is 22.9. The zero-order valence-corrected chi connectivity index (χ0v) is 21.6. The van der Waals surface area contributed by atoms with Crippen molar-refractivity contribution >= 4 is 34.5 Å². The quantitative estimate of drug-likeness (QED) is 0.364. The lowest BCUT2D eigenvalue weighted by molar-refractivity contribution is -0.126. The van der Waals surface area contributed by atoms with Crippen LogP contribution in [0.2, 0.25) is 0 Å². The average Bonchev–Trinajstić information content (AvgIpc) is 3.74. The molecule has 1 spiro atoms. The summed E-state index contributed by atoms with van der Waals surface area (Å²) >= 11 is 0. The number of hydrogen-bond acceptors (Lipinski definition) is 7. The first-order chi connectivity index (χ1) is 19.5. The fourth-order valence-corrected chi connectivity index (χ4v) is 6.52. The Hall–Kier alpha value is -5.06. The predicted octanol–water partition coefficient (Wildman–Crippen LogP) is 3.00. The van der Waals surface area contributed by atoms with Crippen LogP contribution in [0.15, 0.2) is 55.1 Å². The molecule has 5 aromatic rings. The Morgan fingerprint density at radius 3 is 2.92 bits per heavy atom. The highest BCUT2D eigenvalue weighted by Crippen LogP contribution is 2.53. The zero-order chi connectivity index (χ0) is 27.0. The van der Waals surface area contributed by atoms with Crippen molar-refractivity contribution in [2.24, 2.45) is 0 Å². The van der Waals surface area contributed by atoms with E-state index < -0.39 is 5.41 Å². The molecule has 0 radical (unpaired) electrons. The van der Waals surface area contributed by atoms with Crippen molar-refractivity contribution < 1.29 is 14.3 Å². The maximum Gasteiger partial charge on any atom is 0.242 e. The molecule has 1 atom stereocenters. The van der Waals surface area contributed by atoms with Crippen molar-refractivity contribution in [1.82, 2.24) is 29.7 Å². The monoisotopic (exact) mass is 532 g/mol. The fourth-order valence-electron chi connectivity index (χ4n) is 6.52. The molecule has 2 aromatic carbocycles. The molecule has 0 bridgehead atoms. The van der Waals surface area contributed by atoms with Crippen LogP contribution >= 0.6 is 0 Å². The Labute approximate surface area is 228 Å². The molecule has 6 heterocycles. The lowest BCUT2D eigenvalue weighted by Crippen LogP contribution is -2.47. The van der Waals surface area contributed by atoms with E-state index >= 15 is 0 Å². The third-order valence-electron chi connectivity index (χ3n) is 8.22.